The molecule has 84 valence electrons. The van der Waals surface area contributed by atoms with Gasteiger partial charge in [0.25, 0.3) is 0 Å². The van der Waals surface area contributed by atoms with E-state index in [1.54, 1.807) is 0 Å². The minimum atomic E-state index is -0.233. The van der Waals surface area contributed by atoms with E-state index < -0.39 is 0 Å². The van der Waals surface area contributed by atoms with E-state index in [1.807, 2.05) is 12.1 Å². The number of hydrogen-bond acceptors (Lipinski definition) is 1. The van der Waals surface area contributed by atoms with Crippen LogP contribution in [0.2, 0.25) is 0 Å². The first-order valence-corrected chi connectivity index (χ1v) is 6.00. The van der Waals surface area contributed by atoms with E-state index >= 15 is 0 Å². The molecular formula is C12H16BrFO. The number of unbranched alkanes of at least 4 members (excludes halogenated alkanes) is 2. The third-order valence-corrected chi connectivity index (χ3v) is 3.01. The van der Waals surface area contributed by atoms with Gasteiger partial charge in [0.2, 0.25) is 0 Å². The summed E-state index contributed by atoms with van der Waals surface area (Å²) in [6.07, 6.45) is 4.09. The predicted octanol–water partition coefficient (Wildman–Crippen LogP) is 4.33. The van der Waals surface area contributed by atoms with Crippen LogP contribution in [-0.2, 0) is 6.42 Å². The fourth-order valence-electron chi connectivity index (χ4n) is 1.52. The first kappa shape index (κ1) is 12.5. The summed E-state index contributed by atoms with van der Waals surface area (Å²) in [6, 6.07) is 3.65. The van der Waals surface area contributed by atoms with Crippen LogP contribution in [0.1, 0.15) is 31.7 Å². The van der Waals surface area contributed by atoms with Crippen molar-refractivity contribution in [1.29, 1.82) is 0 Å². The van der Waals surface area contributed by atoms with Crippen molar-refractivity contribution in [3.63, 3.8) is 0 Å². The Morgan fingerprint density at radius 1 is 1.33 bits per heavy atom. The van der Waals surface area contributed by atoms with Crippen molar-refractivity contribution in [3.05, 3.63) is 28.0 Å². The fourth-order valence-corrected chi connectivity index (χ4v) is 1.99. The molecule has 0 aliphatic rings. The minimum absolute atomic E-state index is 0.233. The SMILES string of the molecule is CCCCCc1ccc(Br)c(OC)c1F. The van der Waals surface area contributed by atoms with Crippen LogP contribution in [0.4, 0.5) is 4.39 Å². The van der Waals surface area contributed by atoms with Gasteiger partial charge in [-0.1, -0.05) is 25.8 Å². The predicted molar refractivity (Wildman–Crippen MR) is 63.9 cm³/mol. The van der Waals surface area contributed by atoms with Crippen LogP contribution >= 0.6 is 15.9 Å². The normalized spacial score (nSPS) is 10.4. The molecular weight excluding hydrogens is 259 g/mol. The van der Waals surface area contributed by atoms with E-state index in [1.165, 1.54) is 7.11 Å². The smallest absolute Gasteiger partial charge is 0.169 e. The molecule has 0 N–H and O–H groups in total. The van der Waals surface area contributed by atoms with Gasteiger partial charge in [-0.2, -0.15) is 0 Å². The Balaban J connectivity index is 2.80. The molecule has 0 heterocycles. The minimum Gasteiger partial charge on any atom is -0.492 e. The summed E-state index contributed by atoms with van der Waals surface area (Å²) in [7, 11) is 1.49. The molecule has 1 nitrogen and oxygen atoms in total. The Morgan fingerprint density at radius 2 is 2.07 bits per heavy atom. The number of benzene rings is 1. The van der Waals surface area contributed by atoms with E-state index in [2.05, 4.69) is 22.9 Å². The largest absolute Gasteiger partial charge is 0.492 e. The summed E-state index contributed by atoms with van der Waals surface area (Å²) in [5, 5.41) is 0. The van der Waals surface area contributed by atoms with Gasteiger partial charge in [0.15, 0.2) is 11.6 Å². The maximum absolute atomic E-state index is 13.8. The van der Waals surface area contributed by atoms with Gasteiger partial charge in [0.05, 0.1) is 11.6 Å². The lowest BCUT2D eigenvalue weighted by Crippen LogP contribution is -1.96. The molecule has 0 aliphatic heterocycles. The van der Waals surface area contributed by atoms with Crippen molar-refractivity contribution in [2.24, 2.45) is 0 Å². The van der Waals surface area contributed by atoms with Gasteiger partial charge in [-0.05, 0) is 40.4 Å². The summed E-state index contributed by atoms with van der Waals surface area (Å²) >= 11 is 3.26. The maximum Gasteiger partial charge on any atom is 0.169 e. The van der Waals surface area contributed by atoms with Crippen LogP contribution in [0.15, 0.2) is 16.6 Å². The first-order valence-electron chi connectivity index (χ1n) is 5.21. The van der Waals surface area contributed by atoms with Crippen LogP contribution in [0.5, 0.6) is 5.75 Å². The lowest BCUT2D eigenvalue weighted by molar-refractivity contribution is 0.381. The van der Waals surface area contributed by atoms with Crippen LogP contribution in [-0.4, -0.2) is 7.11 Å². The van der Waals surface area contributed by atoms with Crippen molar-refractivity contribution in [1.82, 2.24) is 0 Å². The maximum atomic E-state index is 13.8. The number of halogens is 2. The van der Waals surface area contributed by atoms with Gasteiger partial charge in [-0.15, -0.1) is 0 Å². The number of rotatable bonds is 5. The molecule has 3 heteroatoms. The molecule has 0 saturated carbocycles. The Kier molecular flexibility index (Phi) is 5.09. The number of aryl methyl sites for hydroxylation is 1. The highest BCUT2D eigenvalue weighted by molar-refractivity contribution is 9.10. The second-order valence-electron chi connectivity index (χ2n) is 3.51. The van der Waals surface area contributed by atoms with Gasteiger partial charge in [0.1, 0.15) is 0 Å². The van der Waals surface area contributed by atoms with Crippen LogP contribution in [0, 0.1) is 5.82 Å². The molecule has 15 heavy (non-hydrogen) atoms. The average Bonchev–Trinajstić information content (AvgIpc) is 2.22. The highest BCUT2D eigenvalue weighted by Gasteiger charge is 2.11. The number of hydrogen-bond donors (Lipinski definition) is 0. The van der Waals surface area contributed by atoms with E-state index in [0.29, 0.717) is 10.2 Å². The zero-order valence-corrected chi connectivity index (χ0v) is 10.7. The third-order valence-electron chi connectivity index (χ3n) is 2.38. The van der Waals surface area contributed by atoms with Crippen molar-refractivity contribution in [2.75, 3.05) is 7.11 Å². The second kappa shape index (κ2) is 6.11. The molecule has 1 aromatic carbocycles. The average molecular weight is 275 g/mol. The summed E-state index contributed by atoms with van der Waals surface area (Å²) in [6.45, 7) is 2.14. The fraction of sp³-hybridized carbons (Fsp3) is 0.500. The zero-order chi connectivity index (χ0) is 11.3. The van der Waals surface area contributed by atoms with E-state index in [4.69, 9.17) is 4.74 Å². The Hall–Kier alpha value is -0.570. The van der Waals surface area contributed by atoms with Gasteiger partial charge in [-0.25, -0.2) is 4.39 Å². The van der Waals surface area contributed by atoms with Crippen LogP contribution in [0.25, 0.3) is 0 Å². The quantitative estimate of drug-likeness (QED) is 0.727. The highest BCUT2D eigenvalue weighted by Crippen LogP contribution is 2.30. The second-order valence-corrected chi connectivity index (χ2v) is 4.37. The molecule has 0 spiro atoms. The Bertz CT molecular complexity index is 326. The van der Waals surface area contributed by atoms with Crippen LogP contribution < -0.4 is 4.74 Å². The van der Waals surface area contributed by atoms with Crippen molar-refractivity contribution in [3.8, 4) is 5.75 Å². The Morgan fingerprint density at radius 3 is 2.67 bits per heavy atom. The molecule has 0 radical (unpaired) electrons. The molecule has 0 bridgehead atoms. The van der Waals surface area contributed by atoms with Gasteiger partial charge < -0.3 is 4.74 Å². The van der Waals surface area contributed by atoms with Crippen molar-refractivity contribution in [2.45, 2.75) is 32.6 Å². The molecule has 1 aromatic rings. The molecule has 0 saturated heterocycles. The van der Waals surface area contributed by atoms with Gasteiger partial charge in [-0.3, -0.25) is 0 Å². The Labute approximate surface area is 98.8 Å². The molecule has 1 rings (SSSR count). The molecule has 0 atom stereocenters. The van der Waals surface area contributed by atoms with E-state index in [0.717, 1.165) is 31.2 Å². The number of methoxy groups -OCH3 is 1. The van der Waals surface area contributed by atoms with Gasteiger partial charge in [0, 0.05) is 0 Å². The highest BCUT2D eigenvalue weighted by atomic mass is 79.9. The molecule has 0 amide bonds. The van der Waals surface area contributed by atoms with Crippen molar-refractivity contribution < 1.29 is 9.13 Å². The summed E-state index contributed by atoms with van der Waals surface area (Å²) < 4.78 is 19.5. The van der Waals surface area contributed by atoms with Crippen LogP contribution in [0.3, 0.4) is 0 Å². The third kappa shape index (κ3) is 3.20. The topological polar surface area (TPSA) is 9.23 Å². The molecule has 0 aliphatic carbocycles. The summed E-state index contributed by atoms with van der Waals surface area (Å²) in [5.41, 5.74) is 0.739. The molecule has 0 aromatic heterocycles. The summed E-state index contributed by atoms with van der Waals surface area (Å²) in [4.78, 5) is 0. The number of ether oxygens (including phenoxy) is 1. The molecule has 0 unspecified atom stereocenters. The van der Waals surface area contributed by atoms with E-state index in [-0.39, 0.29) is 5.82 Å². The lowest BCUT2D eigenvalue weighted by Gasteiger charge is -2.09. The molecule has 0 fully saturated rings. The zero-order valence-electron chi connectivity index (χ0n) is 9.15. The van der Waals surface area contributed by atoms with Crippen molar-refractivity contribution >= 4 is 15.9 Å². The first-order chi connectivity index (χ1) is 7.20. The monoisotopic (exact) mass is 274 g/mol. The lowest BCUT2D eigenvalue weighted by atomic mass is 10.1. The van der Waals surface area contributed by atoms with Gasteiger partial charge >= 0.3 is 0 Å². The van der Waals surface area contributed by atoms with E-state index in [9.17, 15) is 4.39 Å². The summed E-state index contributed by atoms with van der Waals surface area (Å²) in [5.74, 6) is 0.0759. The standard InChI is InChI=1S/C12H16BrFO/c1-3-4-5-6-9-7-8-10(13)12(15-2)11(9)14/h7-8H,3-6H2,1-2H3.